The highest BCUT2D eigenvalue weighted by Gasteiger charge is 2.33. The van der Waals surface area contributed by atoms with Crippen LogP contribution < -0.4 is 10.1 Å². The molecule has 0 aliphatic carbocycles. The number of anilines is 1. The first-order valence-corrected chi connectivity index (χ1v) is 7.45. The van der Waals surface area contributed by atoms with E-state index in [0.717, 1.165) is 12.1 Å². The number of benzene rings is 2. The van der Waals surface area contributed by atoms with Crippen molar-refractivity contribution in [3.8, 4) is 5.75 Å². The molecule has 128 valence electrons. The van der Waals surface area contributed by atoms with Crippen molar-refractivity contribution in [1.82, 2.24) is 0 Å². The van der Waals surface area contributed by atoms with Crippen LogP contribution in [0.2, 0.25) is 10.0 Å². The third-order valence-corrected chi connectivity index (χ3v) is 3.82. The molecule has 2 rings (SSSR count). The number of methoxy groups -OCH3 is 1. The lowest BCUT2D eigenvalue weighted by molar-refractivity contribution is -0.137. The van der Waals surface area contributed by atoms with Crippen LogP contribution in [0.5, 0.6) is 5.75 Å². The monoisotopic (exact) mass is 377 g/mol. The van der Waals surface area contributed by atoms with E-state index in [-0.39, 0.29) is 23.0 Å². The second-order valence-corrected chi connectivity index (χ2v) is 5.63. The van der Waals surface area contributed by atoms with E-state index < -0.39 is 16.8 Å². The van der Waals surface area contributed by atoms with Crippen molar-refractivity contribution in [2.45, 2.75) is 6.18 Å². The lowest BCUT2D eigenvalue weighted by Crippen LogP contribution is -2.15. The zero-order valence-corrected chi connectivity index (χ0v) is 13.9. The second-order valence-electron chi connectivity index (χ2n) is 4.82. The van der Waals surface area contributed by atoms with Gasteiger partial charge in [-0.3, -0.25) is 4.79 Å². The number of hydrogen-bond donors (Lipinski definition) is 1. The molecule has 0 radical (unpaired) electrons. The van der Waals surface area contributed by atoms with Gasteiger partial charge in [-0.25, -0.2) is 0 Å². The highest BCUT2D eigenvalue weighted by atomic mass is 35.5. The fourth-order valence-corrected chi connectivity index (χ4v) is 2.46. The zero-order chi connectivity index (χ0) is 17.9. The van der Waals surface area contributed by atoms with Gasteiger partial charge in [0.1, 0.15) is 5.75 Å². The Kier molecular flexibility index (Phi) is 5.62. The van der Waals surface area contributed by atoms with Gasteiger partial charge in [0.2, 0.25) is 0 Å². The SMILES string of the molecule is COc1ccc(C(=O)CNc2ccc(Cl)c(C(F)(F)F)c2)cc1Cl. The first-order valence-electron chi connectivity index (χ1n) is 6.69. The van der Waals surface area contributed by atoms with E-state index >= 15 is 0 Å². The van der Waals surface area contributed by atoms with Gasteiger partial charge in [0.25, 0.3) is 0 Å². The minimum Gasteiger partial charge on any atom is -0.495 e. The van der Waals surface area contributed by atoms with Crippen LogP contribution in [0.1, 0.15) is 15.9 Å². The maximum absolute atomic E-state index is 12.8. The number of rotatable bonds is 5. The third kappa shape index (κ3) is 4.33. The maximum Gasteiger partial charge on any atom is 0.417 e. The molecule has 0 unspecified atom stereocenters. The molecule has 0 saturated heterocycles. The van der Waals surface area contributed by atoms with Crippen LogP contribution in [0.15, 0.2) is 36.4 Å². The molecule has 0 heterocycles. The lowest BCUT2D eigenvalue weighted by atomic mass is 10.1. The van der Waals surface area contributed by atoms with Crippen LogP contribution in [0.4, 0.5) is 18.9 Å². The van der Waals surface area contributed by atoms with Crippen molar-refractivity contribution in [1.29, 1.82) is 0 Å². The number of carbonyl (C=O) groups excluding carboxylic acids is 1. The van der Waals surface area contributed by atoms with Crippen molar-refractivity contribution in [3.05, 3.63) is 57.6 Å². The fraction of sp³-hybridized carbons (Fsp3) is 0.188. The minimum atomic E-state index is -4.57. The van der Waals surface area contributed by atoms with Gasteiger partial charge in [0.05, 0.1) is 29.3 Å². The molecular weight excluding hydrogens is 366 g/mol. The number of alkyl halides is 3. The second kappa shape index (κ2) is 7.32. The Bertz CT molecular complexity index is 763. The van der Waals surface area contributed by atoms with Crippen LogP contribution in [0.3, 0.4) is 0 Å². The van der Waals surface area contributed by atoms with E-state index in [2.05, 4.69) is 5.32 Å². The van der Waals surface area contributed by atoms with Gasteiger partial charge < -0.3 is 10.1 Å². The normalized spacial score (nSPS) is 11.2. The van der Waals surface area contributed by atoms with Gasteiger partial charge in [0.15, 0.2) is 5.78 Å². The standard InChI is InChI=1S/C16H12Cl2F3NO2/c1-24-15-5-2-9(6-13(15)18)14(23)8-22-10-3-4-12(17)11(7-10)16(19,20)21/h2-7,22H,8H2,1H3. The quantitative estimate of drug-likeness (QED) is 0.717. The molecule has 2 aromatic carbocycles. The average Bonchev–Trinajstić information content (AvgIpc) is 2.52. The molecule has 0 aromatic heterocycles. The number of ether oxygens (including phenoxy) is 1. The Morgan fingerprint density at radius 3 is 2.42 bits per heavy atom. The molecule has 0 fully saturated rings. The number of Topliss-reactive ketones (excluding diaryl/α,β-unsaturated/α-hetero) is 1. The predicted octanol–water partition coefficient (Wildman–Crippen LogP) is 5.32. The van der Waals surface area contributed by atoms with Crippen molar-refractivity contribution in [2.75, 3.05) is 19.0 Å². The minimum absolute atomic E-state index is 0.139. The first kappa shape index (κ1) is 18.4. The number of ketones is 1. The van der Waals surface area contributed by atoms with Crippen LogP contribution in [0, 0.1) is 0 Å². The molecule has 0 bridgehead atoms. The summed E-state index contributed by atoms with van der Waals surface area (Å²) in [5.41, 5.74) is -0.507. The van der Waals surface area contributed by atoms with E-state index in [0.29, 0.717) is 11.3 Å². The molecule has 2 aromatic rings. The Balaban J connectivity index is 2.11. The highest BCUT2D eigenvalue weighted by Crippen LogP contribution is 2.36. The molecule has 0 atom stereocenters. The van der Waals surface area contributed by atoms with E-state index in [1.165, 1.54) is 25.3 Å². The molecule has 0 spiro atoms. The zero-order valence-electron chi connectivity index (χ0n) is 12.4. The van der Waals surface area contributed by atoms with Gasteiger partial charge in [-0.1, -0.05) is 23.2 Å². The third-order valence-electron chi connectivity index (χ3n) is 3.20. The molecule has 8 heteroatoms. The van der Waals surface area contributed by atoms with E-state index in [1.807, 2.05) is 0 Å². The summed E-state index contributed by atoms with van der Waals surface area (Å²) < 4.78 is 43.4. The van der Waals surface area contributed by atoms with Crippen LogP contribution in [-0.4, -0.2) is 19.4 Å². The lowest BCUT2D eigenvalue weighted by Gasteiger charge is -2.12. The van der Waals surface area contributed by atoms with Crippen LogP contribution in [0.25, 0.3) is 0 Å². The van der Waals surface area contributed by atoms with Gasteiger partial charge in [-0.15, -0.1) is 0 Å². The Hall–Kier alpha value is -1.92. The summed E-state index contributed by atoms with van der Waals surface area (Å²) in [6, 6.07) is 7.86. The number of nitrogens with one attached hydrogen (secondary N) is 1. The Labute approximate surface area is 146 Å². The average molecular weight is 378 g/mol. The number of halogens is 5. The first-order chi connectivity index (χ1) is 11.2. The summed E-state index contributed by atoms with van der Waals surface area (Å²) >= 11 is 11.5. The summed E-state index contributed by atoms with van der Waals surface area (Å²) in [4.78, 5) is 12.1. The molecule has 0 aliphatic heterocycles. The predicted molar refractivity (Wildman–Crippen MR) is 87.3 cm³/mol. The van der Waals surface area contributed by atoms with Crippen molar-refractivity contribution in [2.24, 2.45) is 0 Å². The molecule has 3 nitrogen and oxygen atoms in total. The molecule has 1 N–H and O–H groups in total. The molecular formula is C16H12Cl2F3NO2. The topological polar surface area (TPSA) is 38.3 Å². The highest BCUT2D eigenvalue weighted by molar-refractivity contribution is 6.32. The van der Waals surface area contributed by atoms with E-state index in [4.69, 9.17) is 27.9 Å². The summed E-state index contributed by atoms with van der Waals surface area (Å²) in [6.45, 7) is -0.193. The smallest absolute Gasteiger partial charge is 0.417 e. The van der Waals surface area contributed by atoms with Crippen molar-refractivity contribution in [3.63, 3.8) is 0 Å². The number of hydrogen-bond acceptors (Lipinski definition) is 3. The molecule has 0 aliphatic rings. The molecule has 24 heavy (non-hydrogen) atoms. The van der Waals surface area contributed by atoms with Gasteiger partial charge >= 0.3 is 6.18 Å². The van der Waals surface area contributed by atoms with E-state index in [1.54, 1.807) is 6.07 Å². The maximum atomic E-state index is 12.8. The summed E-state index contributed by atoms with van der Waals surface area (Å²) in [5.74, 6) is 0.0942. The van der Waals surface area contributed by atoms with Crippen molar-refractivity contribution >= 4 is 34.7 Å². The fourth-order valence-electron chi connectivity index (χ4n) is 1.98. The Morgan fingerprint density at radius 1 is 1.12 bits per heavy atom. The Morgan fingerprint density at radius 2 is 1.83 bits per heavy atom. The van der Waals surface area contributed by atoms with Gasteiger partial charge in [-0.2, -0.15) is 13.2 Å². The van der Waals surface area contributed by atoms with Gasteiger partial charge in [0, 0.05) is 11.3 Å². The van der Waals surface area contributed by atoms with Crippen LogP contribution in [-0.2, 0) is 6.18 Å². The molecule has 0 saturated carbocycles. The van der Waals surface area contributed by atoms with Crippen molar-refractivity contribution < 1.29 is 22.7 Å². The van der Waals surface area contributed by atoms with E-state index in [9.17, 15) is 18.0 Å². The van der Waals surface area contributed by atoms with Gasteiger partial charge in [-0.05, 0) is 36.4 Å². The van der Waals surface area contributed by atoms with Crippen LogP contribution >= 0.6 is 23.2 Å². The largest absolute Gasteiger partial charge is 0.495 e. The summed E-state index contributed by atoms with van der Waals surface area (Å²) in [7, 11) is 1.45. The summed E-state index contributed by atoms with van der Waals surface area (Å²) in [5, 5.41) is 2.52. The summed E-state index contributed by atoms with van der Waals surface area (Å²) in [6.07, 6.45) is -4.57. The number of carbonyl (C=O) groups is 1. The molecule has 0 amide bonds.